The van der Waals surface area contributed by atoms with Gasteiger partial charge >= 0.3 is 0 Å². The molecule has 1 aromatic carbocycles. The SMILES string of the molecule is CC[C@H](O)c1c(F)cc(OC)cc1F. The largest absolute Gasteiger partial charge is 0.497 e. The molecular weight excluding hydrogens is 190 g/mol. The lowest BCUT2D eigenvalue weighted by atomic mass is 10.1. The van der Waals surface area contributed by atoms with Gasteiger partial charge in [-0.2, -0.15) is 0 Å². The highest BCUT2D eigenvalue weighted by atomic mass is 19.1. The molecule has 0 radical (unpaired) electrons. The fraction of sp³-hybridized carbons (Fsp3) is 0.400. The van der Waals surface area contributed by atoms with E-state index < -0.39 is 17.7 Å². The predicted molar refractivity (Wildman–Crippen MR) is 48.2 cm³/mol. The van der Waals surface area contributed by atoms with Gasteiger partial charge in [0.1, 0.15) is 17.4 Å². The van der Waals surface area contributed by atoms with Crippen molar-refractivity contribution in [2.24, 2.45) is 0 Å². The van der Waals surface area contributed by atoms with Crippen LogP contribution in [0.3, 0.4) is 0 Å². The number of hydrogen-bond acceptors (Lipinski definition) is 2. The van der Waals surface area contributed by atoms with E-state index in [1.165, 1.54) is 7.11 Å². The Balaban J connectivity index is 3.18. The van der Waals surface area contributed by atoms with E-state index in [-0.39, 0.29) is 17.7 Å². The zero-order chi connectivity index (χ0) is 10.7. The van der Waals surface area contributed by atoms with Crippen LogP contribution in [-0.4, -0.2) is 12.2 Å². The normalized spacial score (nSPS) is 12.6. The summed E-state index contributed by atoms with van der Waals surface area (Å²) in [5.74, 6) is -1.46. The zero-order valence-electron chi connectivity index (χ0n) is 8.05. The number of ether oxygens (including phenoxy) is 1. The van der Waals surface area contributed by atoms with Crippen molar-refractivity contribution >= 4 is 0 Å². The van der Waals surface area contributed by atoms with Crippen molar-refractivity contribution in [3.05, 3.63) is 29.3 Å². The van der Waals surface area contributed by atoms with E-state index in [2.05, 4.69) is 4.74 Å². The topological polar surface area (TPSA) is 29.5 Å². The second-order valence-electron chi connectivity index (χ2n) is 2.93. The summed E-state index contributed by atoms with van der Waals surface area (Å²) in [6.07, 6.45) is -0.846. The van der Waals surface area contributed by atoms with E-state index in [1.54, 1.807) is 6.92 Å². The summed E-state index contributed by atoms with van der Waals surface area (Å²) in [5.41, 5.74) is -0.298. The second-order valence-corrected chi connectivity index (χ2v) is 2.93. The van der Waals surface area contributed by atoms with E-state index in [9.17, 15) is 13.9 Å². The predicted octanol–water partition coefficient (Wildman–Crippen LogP) is 2.42. The van der Waals surface area contributed by atoms with Gasteiger partial charge in [-0.15, -0.1) is 0 Å². The van der Waals surface area contributed by atoms with Crippen molar-refractivity contribution < 1.29 is 18.6 Å². The molecule has 14 heavy (non-hydrogen) atoms. The molecule has 0 aliphatic carbocycles. The first kappa shape index (κ1) is 10.9. The van der Waals surface area contributed by atoms with Crippen molar-refractivity contribution in [3.63, 3.8) is 0 Å². The number of methoxy groups -OCH3 is 1. The molecule has 78 valence electrons. The van der Waals surface area contributed by atoms with Crippen LogP contribution in [0.4, 0.5) is 8.78 Å². The van der Waals surface area contributed by atoms with Gasteiger partial charge in [0, 0.05) is 12.1 Å². The lowest BCUT2D eigenvalue weighted by Crippen LogP contribution is -2.03. The van der Waals surface area contributed by atoms with Gasteiger partial charge in [0.25, 0.3) is 0 Å². The Morgan fingerprint density at radius 2 is 1.86 bits per heavy atom. The van der Waals surface area contributed by atoms with E-state index in [0.717, 1.165) is 12.1 Å². The average Bonchev–Trinajstić information content (AvgIpc) is 2.16. The molecule has 0 unspecified atom stereocenters. The molecule has 1 rings (SSSR count). The third-order valence-corrected chi connectivity index (χ3v) is 2.01. The summed E-state index contributed by atoms with van der Waals surface area (Å²) >= 11 is 0. The van der Waals surface area contributed by atoms with Crippen LogP contribution in [0.15, 0.2) is 12.1 Å². The molecule has 4 heteroatoms. The van der Waals surface area contributed by atoms with Crippen molar-refractivity contribution in [1.29, 1.82) is 0 Å². The maximum Gasteiger partial charge on any atom is 0.135 e. The molecule has 0 aromatic heterocycles. The summed E-state index contributed by atoms with van der Waals surface area (Å²) in [6.45, 7) is 1.65. The van der Waals surface area contributed by atoms with Gasteiger partial charge in [-0.1, -0.05) is 6.92 Å². The van der Waals surface area contributed by atoms with Gasteiger partial charge < -0.3 is 9.84 Å². The number of benzene rings is 1. The van der Waals surface area contributed by atoms with Crippen LogP contribution in [-0.2, 0) is 0 Å². The first-order valence-corrected chi connectivity index (χ1v) is 4.31. The van der Waals surface area contributed by atoms with E-state index in [0.29, 0.717) is 0 Å². The lowest BCUT2D eigenvalue weighted by molar-refractivity contribution is 0.163. The molecule has 0 saturated heterocycles. The molecule has 0 aliphatic rings. The molecule has 1 N–H and O–H groups in total. The van der Waals surface area contributed by atoms with Crippen molar-refractivity contribution in [2.45, 2.75) is 19.4 Å². The van der Waals surface area contributed by atoms with Crippen molar-refractivity contribution in [2.75, 3.05) is 7.11 Å². The van der Waals surface area contributed by atoms with Crippen LogP contribution >= 0.6 is 0 Å². The monoisotopic (exact) mass is 202 g/mol. The first-order chi connectivity index (χ1) is 6.60. The van der Waals surface area contributed by atoms with Gasteiger partial charge in [-0.3, -0.25) is 0 Å². The Hall–Kier alpha value is -1.16. The van der Waals surface area contributed by atoms with Gasteiger partial charge in [-0.25, -0.2) is 8.78 Å². The van der Waals surface area contributed by atoms with Crippen molar-refractivity contribution in [1.82, 2.24) is 0 Å². The molecule has 0 bridgehead atoms. The van der Waals surface area contributed by atoms with Crippen LogP contribution in [0, 0.1) is 11.6 Å². The van der Waals surface area contributed by atoms with E-state index >= 15 is 0 Å². The summed E-state index contributed by atoms with van der Waals surface area (Å²) in [6, 6.07) is 2.11. The van der Waals surface area contributed by atoms with Crippen LogP contribution in [0.25, 0.3) is 0 Å². The maximum absolute atomic E-state index is 13.3. The molecule has 0 saturated carbocycles. The second kappa shape index (κ2) is 4.37. The highest BCUT2D eigenvalue weighted by Gasteiger charge is 2.17. The van der Waals surface area contributed by atoms with Gasteiger partial charge in [0.15, 0.2) is 0 Å². The summed E-state index contributed by atoms with van der Waals surface area (Å²) in [5, 5.41) is 9.33. The van der Waals surface area contributed by atoms with Crippen LogP contribution in [0.5, 0.6) is 5.75 Å². The average molecular weight is 202 g/mol. The molecule has 0 fully saturated rings. The highest BCUT2D eigenvalue weighted by molar-refractivity contribution is 5.31. The minimum Gasteiger partial charge on any atom is -0.497 e. The molecular formula is C10H12F2O2. The first-order valence-electron chi connectivity index (χ1n) is 4.31. The van der Waals surface area contributed by atoms with Crippen LogP contribution in [0.2, 0.25) is 0 Å². The van der Waals surface area contributed by atoms with Gasteiger partial charge in [0.05, 0.1) is 18.8 Å². The molecule has 1 atom stereocenters. The number of aliphatic hydroxyl groups is 1. The summed E-state index contributed by atoms with van der Waals surface area (Å²) < 4.78 is 31.2. The third kappa shape index (κ3) is 2.01. The Morgan fingerprint density at radius 3 is 2.21 bits per heavy atom. The van der Waals surface area contributed by atoms with Crippen LogP contribution in [0.1, 0.15) is 25.0 Å². The van der Waals surface area contributed by atoms with Crippen LogP contribution < -0.4 is 4.74 Å². The standard InChI is InChI=1S/C10H12F2O2/c1-3-9(13)10-7(11)4-6(14-2)5-8(10)12/h4-5,9,13H,3H2,1-2H3/t9-/m0/s1. The summed E-state index contributed by atoms with van der Waals surface area (Å²) in [4.78, 5) is 0. The minimum atomic E-state index is -1.11. The van der Waals surface area contributed by atoms with Gasteiger partial charge in [-0.05, 0) is 6.42 Å². The van der Waals surface area contributed by atoms with Gasteiger partial charge in [0.2, 0.25) is 0 Å². The fourth-order valence-electron chi connectivity index (χ4n) is 1.20. The zero-order valence-corrected chi connectivity index (χ0v) is 8.05. The maximum atomic E-state index is 13.3. The highest BCUT2D eigenvalue weighted by Crippen LogP contribution is 2.26. The number of halogens is 2. The van der Waals surface area contributed by atoms with Crippen molar-refractivity contribution in [3.8, 4) is 5.75 Å². The Bertz CT molecular complexity index is 303. The Kier molecular flexibility index (Phi) is 3.41. The Labute approximate surface area is 81.1 Å². The number of aliphatic hydroxyl groups excluding tert-OH is 1. The molecule has 1 aromatic rings. The Morgan fingerprint density at radius 1 is 1.36 bits per heavy atom. The minimum absolute atomic E-state index is 0.104. The smallest absolute Gasteiger partial charge is 0.135 e. The third-order valence-electron chi connectivity index (χ3n) is 2.01. The molecule has 2 nitrogen and oxygen atoms in total. The molecule has 0 aliphatic heterocycles. The number of hydrogen-bond donors (Lipinski definition) is 1. The fourth-order valence-corrected chi connectivity index (χ4v) is 1.20. The lowest BCUT2D eigenvalue weighted by Gasteiger charge is -2.11. The van der Waals surface area contributed by atoms with E-state index in [4.69, 9.17) is 0 Å². The molecule has 0 spiro atoms. The number of rotatable bonds is 3. The van der Waals surface area contributed by atoms with E-state index in [1.807, 2.05) is 0 Å². The molecule has 0 heterocycles. The summed E-state index contributed by atoms with van der Waals surface area (Å²) in [7, 11) is 1.32. The molecule has 0 amide bonds. The quantitative estimate of drug-likeness (QED) is 0.815.